The van der Waals surface area contributed by atoms with E-state index in [1.54, 1.807) is 6.07 Å². The fourth-order valence-corrected chi connectivity index (χ4v) is 9.86. The van der Waals surface area contributed by atoms with Crippen molar-refractivity contribution < 1.29 is 9.13 Å². The highest BCUT2D eigenvalue weighted by atomic mass is 32.2. The molecule has 1 atom stereocenters. The minimum Gasteiger partial charge on any atom is -0.484 e. The number of benzene rings is 3. The van der Waals surface area contributed by atoms with Crippen molar-refractivity contribution in [1.29, 1.82) is 0 Å². The second-order valence-electron chi connectivity index (χ2n) is 11.2. The summed E-state index contributed by atoms with van der Waals surface area (Å²) in [5.74, 6) is 4.04. The fraction of sp³-hybridized carbons (Fsp3) is 0.438. The van der Waals surface area contributed by atoms with Crippen LogP contribution in [0.4, 0.5) is 4.39 Å². The van der Waals surface area contributed by atoms with Gasteiger partial charge in [0.25, 0.3) is 0 Å². The number of halogens is 1. The molecule has 4 aliphatic rings. The fourth-order valence-electron chi connectivity index (χ4n) is 7.76. The Morgan fingerprint density at radius 1 is 0.771 bits per heavy atom. The first-order valence-electron chi connectivity index (χ1n) is 13.4. The summed E-state index contributed by atoms with van der Waals surface area (Å²) in [5.41, 5.74) is -0.333. The second-order valence-corrected chi connectivity index (χ2v) is 13.3. The van der Waals surface area contributed by atoms with Gasteiger partial charge in [0.15, 0.2) is 26.3 Å². The molecule has 7 rings (SSSR count). The summed E-state index contributed by atoms with van der Waals surface area (Å²) in [6, 6.07) is 26.7. The van der Waals surface area contributed by atoms with Gasteiger partial charge in [-0.1, -0.05) is 43.3 Å². The molecule has 35 heavy (non-hydrogen) atoms. The van der Waals surface area contributed by atoms with Crippen molar-refractivity contribution in [1.82, 2.24) is 0 Å². The number of hydrogen-bond acceptors (Lipinski definition) is 1. The molecule has 3 aromatic carbocycles. The van der Waals surface area contributed by atoms with Crippen molar-refractivity contribution in [2.24, 2.45) is 29.6 Å². The molecule has 4 fully saturated rings. The quantitative estimate of drug-likeness (QED) is 0.303. The van der Waals surface area contributed by atoms with E-state index >= 15 is 4.39 Å². The number of ether oxygens (including phenoxy) is 1. The van der Waals surface area contributed by atoms with E-state index in [4.69, 9.17) is 4.74 Å². The lowest BCUT2D eigenvalue weighted by Gasteiger charge is -2.58. The molecule has 1 unspecified atom stereocenters. The highest BCUT2D eigenvalue weighted by Crippen LogP contribution is 2.60. The van der Waals surface area contributed by atoms with Crippen LogP contribution in [-0.2, 0) is 10.9 Å². The molecule has 1 nitrogen and oxygen atoms in total. The van der Waals surface area contributed by atoms with E-state index in [0.29, 0.717) is 11.7 Å². The van der Waals surface area contributed by atoms with Crippen LogP contribution in [0.1, 0.15) is 52.4 Å². The second kappa shape index (κ2) is 9.32. The molecular formula is C32H36FOS+. The Labute approximate surface area is 212 Å². The first-order chi connectivity index (χ1) is 17.0. The van der Waals surface area contributed by atoms with Crippen LogP contribution in [0.15, 0.2) is 93.5 Å². The van der Waals surface area contributed by atoms with Crippen molar-refractivity contribution in [2.45, 2.75) is 72.7 Å². The Balaban J connectivity index is 1.35. The maximum Gasteiger partial charge on any atom is 0.170 e. The maximum atomic E-state index is 15.3. The molecule has 3 heteroatoms. The van der Waals surface area contributed by atoms with Crippen LogP contribution in [0.5, 0.6) is 5.75 Å². The Morgan fingerprint density at radius 2 is 1.31 bits per heavy atom. The molecule has 0 radical (unpaired) electrons. The van der Waals surface area contributed by atoms with Crippen LogP contribution >= 0.6 is 0 Å². The molecule has 0 N–H and O–H groups in total. The van der Waals surface area contributed by atoms with Crippen LogP contribution in [0.25, 0.3) is 0 Å². The summed E-state index contributed by atoms with van der Waals surface area (Å²) >= 11 is 0. The SMILES string of the molecule is CCC(C)(Oc1cc([S+](c2ccccc2)c2ccccc2)ccc1F)C1C2CC3CC(C2)CC1C3. The molecular weight excluding hydrogens is 451 g/mol. The molecule has 0 spiro atoms. The summed E-state index contributed by atoms with van der Waals surface area (Å²) < 4.78 is 22.1. The van der Waals surface area contributed by atoms with Gasteiger partial charge in [0.1, 0.15) is 5.60 Å². The third kappa shape index (κ3) is 4.31. The van der Waals surface area contributed by atoms with Gasteiger partial charge in [-0.25, -0.2) is 4.39 Å². The lowest BCUT2D eigenvalue weighted by atomic mass is 9.48. The largest absolute Gasteiger partial charge is 0.484 e. The van der Waals surface area contributed by atoms with Crippen LogP contribution in [0.2, 0.25) is 0 Å². The minimum absolute atomic E-state index is 0.248. The van der Waals surface area contributed by atoms with Crippen molar-refractivity contribution in [2.75, 3.05) is 0 Å². The third-order valence-corrected chi connectivity index (χ3v) is 11.3. The molecule has 0 amide bonds. The zero-order chi connectivity index (χ0) is 24.0. The average molecular weight is 488 g/mol. The van der Waals surface area contributed by atoms with Gasteiger partial charge in [-0.15, -0.1) is 0 Å². The lowest BCUT2D eigenvalue weighted by Crippen LogP contribution is -2.56. The minimum atomic E-state index is -0.333. The third-order valence-electron chi connectivity index (χ3n) is 9.07. The lowest BCUT2D eigenvalue weighted by molar-refractivity contribution is -0.125. The van der Waals surface area contributed by atoms with Crippen molar-refractivity contribution in [3.63, 3.8) is 0 Å². The summed E-state index contributed by atoms with van der Waals surface area (Å²) in [6.45, 7) is 4.49. The van der Waals surface area contributed by atoms with Gasteiger partial charge >= 0.3 is 0 Å². The van der Waals surface area contributed by atoms with Gasteiger partial charge in [-0.3, -0.25) is 0 Å². The molecule has 4 saturated carbocycles. The zero-order valence-electron chi connectivity index (χ0n) is 20.8. The molecule has 4 bridgehead atoms. The van der Waals surface area contributed by atoms with Crippen molar-refractivity contribution in [3.05, 3.63) is 84.7 Å². The van der Waals surface area contributed by atoms with E-state index in [0.717, 1.165) is 35.0 Å². The molecule has 0 saturated heterocycles. The van der Waals surface area contributed by atoms with E-state index in [9.17, 15) is 0 Å². The predicted molar refractivity (Wildman–Crippen MR) is 141 cm³/mol. The van der Waals surface area contributed by atoms with Crippen molar-refractivity contribution in [3.8, 4) is 5.75 Å². The Bertz CT molecular complexity index is 1100. The molecule has 3 aromatic rings. The average Bonchev–Trinajstić information content (AvgIpc) is 2.87. The van der Waals surface area contributed by atoms with E-state index < -0.39 is 0 Å². The summed E-state index contributed by atoms with van der Waals surface area (Å²) in [7, 11) is -0.318. The van der Waals surface area contributed by atoms with Crippen LogP contribution in [-0.4, -0.2) is 5.60 Å². The van der Waals surface area contributed by atoms with Crippen LogP contribution in [0, 0.1) is 35.4 Å². The van der Waals surface area contributed by atoms with Gasteiger partial charge in [-0.2, -0.15) is 0 Å². The van der Waals surface area contributed by atoms with E-state index in [1.165, 1.54) is 41.9 Å². The Kier molecular flexibility index (Phi) is 6.16. The number of rotatable bonds is 7. The smallest absolute Gasteiger partial charge is 0.170 e. The van der Waals surface area contributed by atoms with Gasteiger partial charge in [0.2, 0.25) is 0 Å². The van der Waals surface area contributed by atoms with E-state index in [1.807, 2.05) is 24.3 Å². The Hall–Kier alpha value is -2.26. The summed E-state index contributed by atoms with van der Waals surface area (Å²) in [5, 5.41) is 0. The summed E-state index contributed by atoms with van der Waals surface area (Å²) in [4.78, 5) is 3.56. The molecule has 0 heterocycles. The molecule has 0 aromatic heterocycles. The van der Waals surface area contributed by atoms with Gasteiger partial charge < -0.3 is 4.74 Å². The predicted octanol–water partition coefficient (Wildman–Crippen LogP) is 8.54. The standard InChI is InChI=1S/C32H36FOS/c1-3-32(2,31-24-17-22-16-23(19-24)20-25(31)18-22)34-30-21-28(14-15-29(30)33)35(26-10-6-4-7-11-26)27-12-8-5-9-13-27/h4-15,21-25,31H,3,16-20H2,1-2H3/q+1. The highest BCUT2D eigenvalue weighted by Gasteiger charge is 2.55. The van der Waals surface area contributed by atoms with E-state index in [2.05, 4.69) is 62.4 Å². The van der Waals surface area contributed by atoms with E-state index in [-0.39, 0.29) is 22.3 Å². The normalized spacial score (nSPS) is 28.7. The monoisotopic (exact) mass is 487 g/mol. The summed E-state index contributed by atoms with van der Waals surface area (Å²) in [6.07, 6.45) is 7.76. The first kappa shape index (κ1) is 23.2. The molecule has 4 aliphatic carbocycles. The topological polar surface area (TPSA) is 9.23 Å². The maximum absolute atomic E-state index is 15.3. The number of hydrogen-bond donors (Lipinski definition) is 0. The molecule has 0 aliphatic heterocycles. The van der Waals surface area contributed by atoms with Crippen LogP contribution < -0.4 is 4.74 Å². The van der Waals surface area contributed by atoms with Gasteiger partial charge in [0, 0.05) is 12.0 Å². The van der Waals surface area contributed by atoms with Crippen LogP contribution in [0.3, 0.4) is 0 Å². The van der Waals surface area contributed by atoms with Crippen molar-refractivity contribution >= 4 is 10.9 Å². The molecule has 182 valence electrons. The van der Waals surface area contributed by atoms with Gasteiger partial charge in [0.05, 0.1) is 10.9 Å². The zero-order valence-corrected chi connectivity index (χ0v) is 21.6. The Morgan fingerprint density at radius 3 is 1.83 bits per heavy atom. The first-order valence-corrected chi connectivity index (χ1v) is 14.6. The highest BCUT2D eigenvalue weighted by molar-refractivity contribution is 7.97. The van der Waals surface area contributed by atoms with Gasteiger partial charge in [-0.05, 0) is 106 Å².